The average Bonchev–Trinajstić information content (AvgIpc) is 3.03. The summed E-state index contributed by atoms with van der Waals surface area (Å²) in [5.74, 6) is 1.07. The van der Waals surface area contributed by atoms with Crippen LogP contribution in [0, 0.1) is 5.41 Å². The zero-order valence-electron chi connectivity index (χ0n) is 10.5. The highest BCUT2D eigenvalue weighted by Gasteiger charge is 2.40. The SMILES string of the molecule is NCc1coc(CN2CCC3(CCCC3)C2)c1. The van der Waals surface area contributed by atoms with Crippen LogP contribution in [0.3, 0.4) is 0 Å². The molecule has 1 aliphatic carbocycles. The van der Waals surface area contributed by atoms with E-state index in [1.807, 2.05) is 0 Å². The van der Waals surface area contributed by atoms with E-state index in [1.54, 1.807) is 6.26 Å². The maximum absolute atomic E-state index is 5.59. The average molecular weight is 234 g/mol. The minimum absolute atomic E-state index is 0.577. The van der Waals surface area contributed by atoms with Crippen LogP contribution in [0.1, 0.15) is 43.4 Å². The fourth-order valence-electron chi connectivity index (χ4n) is 3.53. The number of nitrogens with zero attached hydrogens (tertiary/aromatic N) is 1. The Morgan fingerprint density at radius 3 is 2.82 bits per heavy atom. The summed E-state index contributed by atoms with van der Waals surface area (Å²) in [4.78, 5) is 2.55. The van der Waals surface area contributed by atoms with Crippen molar-refractivity contribution in [1.82, 2.24) is 4.90 Å². The third-order valence-electron chi connectivity index (χ3n) is 4.50. The molecule has 0 bridgehead atoms. The quantitative estimate of drug-likeness (QED) is 0.873. The number of nitrogens with two attached hydrogens (primary N) is 1. The monoisotopic (exact) mass is 234 g/mol. The highest BCUT2D eigenvalue weighted by atomic mass is 16.3. The summed E-state index contributed by atoms with van der Waals surface area (Å²) in [6.45, 7) is 4.04. The predicted octanol–water partition coefficient (Wildman–Crippen LogP) is 2.50. The Bertz CT molecular complexity index is 379. The van der Waals surface area contributed by atoms with E-state index in [2.05, 4.69) is 11.0 Å². The van der Waals surface area contributed by atoms with Gasteiger partial charge in [-0.05, 0) is 37.3 Å². The minimum Gasteiger partial charge on any atom is -0.468 e. The lowest BCUT2D eigenvalue weighted by Crippen LogP contribution is -2.24. The van der Waals surface area contributed by atoms with Gasteiger partial charge in [-0.3, -0.25) is 4.90 Å². The van der Waals surface area contributed by atoms with Gasteiger partial charge < -0.3 is 10.2 Å². The molecular formula is C14H22N2O. The van der Waals surface area contributed by atoms with E-state index in [1.165, 1.54) is 45.2 Å². The largest absolute Gasteiger partial charge is 0.468 e. The van der Waals surface area contributed by atoms with Crippen molar-refractivity contribution in [3.05, 3.63) is 23.7 Å². The summed E-state index contributed by atoms with van der Waals surface area (Å²) in [5.41, 5.74) is 7.35. The molecule has 1 aromatic rings. The van der Waals surface area contributed by atoms with Gasteiger partial charge in [0, 0.05) is 18.7 Å². The van der Waals surface area contributed by atoms with Crippen molar-refractivity contribution in [3.8, 4) is 0 Å². The van der Waals surface area contributed by atoms with E-state index in [9.17, 15) is 0 Å². The smallest absolute Gasteiger partial charge is 0.118 e. The molecule has 3 nitrogen and oxygen atoms in total. The molecular weight excluding hydrogens is 212 g/mol. The minimum atomic E-state index is 0.577. The first-order valence-electron chi connectivity index (χ1n) is 6.78. The molecule has 2 aliphatic rings. The number of rotatable bonds is 3. The van der Waals surface area contributed by atoms with Gasteiger partial charge in [0.2, 0.25) is 0 Å². The fourth-order valence-corrected chi connectivity index (χ4v) is 3.53. The molecule has 1 saturated carbocycles. The second-order valence-corrected chi connectivity index (χ2v) is 5.79. The summed E-state index contributed by atoms with van der Waals surface area (Å²) in [5, 5.41) is 0. The molecule has 0 amide bonds. The molecule has 2 heterocycles. The van der Waals surface area contributed by atoms with Gasteiger partial charge in [-0.25, -0.2) is 0 Å². The fraction of sp³-hybridized carbons (Fsp3) is 0.714. The predicted molar refractivity (Wildman–Crippen MR) is 67.4 cm³/mol. The molecule has 17 heavy (non-hydrogen) atoms. The van der Waals surface area contributed by atoms with E-state index in [0.29, 0.717) is 12.0 Å². The second kappa shape index (κ2) is 4.46. The molecule has 0 aromatic carbocycles. The van der Waals surface area contributed by atoms with E-state index >= 15 is 0 Å². The van der Waals surface area contributed by atoms with Crippen molar-refractivity contribution >= 4 is 0 Å². The lowest BCUT2D eigenvalue weighted by Gasteiger charge is -2.23. The van der Waals surface area contributed by atoms with Crippen LogP contribution in [0.2, 0.25) is 0 Å². The van der Waals surface area contributed by atoms with Gasteiger partial charge in [-0.2, -0.15) is 0 Å². The van der Waals surface area contributed by atoms with Crippen molar-refractivity contribution in [2.45, 2.75) is 45.2 Å². The maximum atomic E-state index is 5.59. The van der Waals surface area contributed by atoms with Gasteiger partial charge in [-0.1, -0.05) is 12.8 Å². The molecule has 2 N–H and O–H groups in total. The molecule has 0 unspecified atom stereocenters. The first-order chi connectivity index (χ1) is 8.30. The summed E-state index contributed by atoms with van der Waals surface area (Å²) >= 11 is 0. The Hall–Kier alpha value is -0.800. The molecule has 1 aliphatic heterocycles. The van der Waals surface area contributed by atoms with Crippen molar-refractivity contribution in [2.24, 2.45) is 11.1 Å². The molecule has 0 radical (unpaired) electrons. The Morgan fingerprint density at radius 1 is 1.29 bits per heavy atom. The van der Waals surface area contributed by atoms with Gasteiger partial charge >= 0.3 is 0 Å². The van der Waals surface area contributed by atoms with Gasteiger partial charge in [-0.15, -0.1) is 0 Å². The molecule has 0 atom stereocenters. The standard InChI is InChI=1S/C14H22N2O/c15-8-12-7-13(17-10-12)9-16-6-5-14(11-16)3-1-2-4-14/h7,10H,1-6,8-9,11,15H2. The first-order valence-corrected chi connectivity index (χ1v) is 6.78. The Kier molecular flexibility index (Phi) is 2.97. The topological polar surface area (TPSA) is 42.4 Å². The van der Waals surface area contributed by atoms with Gasteiger partial charge in [0.25, 0.3) is 0 Å². The van der Waals surface area contributed by atoms with Gasteiger partial charge in [0.1, 0.15) is 5.76 Å². The van der Waals surface area contributed by atoms with E-state index in [4.69, 9.17) is 10.2 Å². The van der Waals surface area contributed by atoms with Crippen LogP contribution in [0.15, 0.2) is 16.7 Å². The van der Waals surface area contributed by atoms with Crippen molar-refractivity contribution in [1.29, 1.82) is 0 Å². The molecule has 94 valence electrons. The molecule has 1 saturated heterocycles. The lowest BCUT2D eigenvalue weighted by atomic mass is 9.86. The van der Waals surface area contributed by atoms with Crippen LogP contribution in [0.5, 0.6) is 0 Å². The van der Waals surface area contributed by atoms with Crippen LogP contribution in [0.4, 0.5) is 0 Å². The summed E-state index contributed by atoms with van der Waals surface area (Å²) < 4.78 is 5.55. The van der Waals surface area contributed by atoms with Crippen LogP contribution in [0.25, 0.3) is 0 Å². The molecule has 1 spiro atoms. The first kappa shape index (κ1) is 11.3. The van der Waals surface area contributed by atoms with Gasteiger partial charge in [0.05, 0.1) is 12.8 Å². The number of furan rings is 1. The third-order valence-corrected chi connectivity index (χ3v) is 4.50. The van der Waals surface area contributed by atoms with E-state index < -0.39 is 0 Å². The zero-order valence-corrected chi connectivity index (χ0v) is 10.5. The highest BCUT2D eigenvalue weighted by Crippen LogP contribution is 2.45. The maximum Gasteiger partial charge on any atom is 0.118 e. The van der Waals surface area contributed by atoms with Crippen LogP contribution in [-0.2, 0) is 13.1 Å². The Labute approximate surface area is 103 Å². The molecule has 1 aromatic heterocycles. The van der Waals surface area contributed by atoms with Crippen LogP contribution >= 0.6 is 0 Å². The number of likely N-dealkylation sites (tertiary alicyclic amines) is 1. The van der Waals surface area contributed by atoms with Crippen LogP contribution in [-0.4, -0.2) is 18.0 Å². The normalized spacial score (nSPS) is 23.8. The van der Waals surface area contributed by atoms with Gasteiger partial charge in [0.15, 0.2) is 0 Å². The summed E-state index contributed by atoms with van der Waals surface area (Å²) in [6, 6.07) is 2.10. The summed E-state index contributed by atoms with van der Waals surface area (Å²) in [7, 11) is 0. The van der Waals surface area contributed by atoms with Crippen molar-refractivity contribution in [3.63, 3.8) is 0 Å². The molecule has 2 fully saturated rings. The van der Waals surface area contributed by atoms with E-state index in [0.717, 1.165) is 17.9 Å². The van der Waals surface area contributed by atoms with E-state index in [-0.39, 0.29) is 0 Å². The van der Waals surface area contributed by atoms with Crippen LogP contribution < -0.4 is 5.73 Å². The second-order valence-electron chi connectivity index (χ2n) is 5.79. The third kappa shape index (κ3) is 2.26. The molecule has 3 rings (SSSR count). The lowest BCUT2D eigenvalue weighted by molar-refractivity contribution is 0.242. The number of hydrogen-bond acceptors (Lipinski definition) is 3. The van der Waals surface area contributed by atoms with Crippen molar-refractivity contribution < 1.29 is 4.42 Å². The molecule has 3 heteroatoms. The Balaban J connectivity index is 1.59. The zero-order chi connectivity index (χ0) is 11.7. The van der Waals surface area contributed by atoms with Crippen molar-refractivity contribution in [2.75, 3.05) is 13.1 Å². The highest BCUT2D eigenvalue weighted by molar-refractivity contribution is 5.12. The summed E-state index contributed by atoms with van der Waals surface area (Å²) in [6.07, 6.45) is 8.93. The Morgan fingerprint density at radius 2 is 2.12 bits per heavy atom. The number of hydrogen-bond donors (Lipinski definition) is 1.